The van der Waals surface area contributed by atoms with Crippen LogP contribution in [-0.4, -0.2) is 39.2 Å². The summed E-state index contributed by atoms with van der Waals surface area (Å²) < 4.78 is 4.42. The van der Waals surface area contributed by atoms with E-state index in [9.17, 15) is 24.6 Å². The molecule has 0 unspecified atom stereocenters. The highest BCUT2D eigenvalue weighted by Crippen LogP contribution is 2.35. The SMILES string of the molecule is NC(=O)CC[C@H](N)C(=O)OC(=O)c1cc(O)c(O)c(O)c1. The van der Waals surface area contributed by atoms with E-state index in [0.29, 0.717) is 0 Å². The Hall–Kier alpha value is -2.81. The molecule has 0 aromatic heterocycles. The summed E-state index contributed by atoms with van der Waals surface area (Å²) in [6, 6.07) is 0.389. The zero-order chi connectivity index (χ0) is 16.2. The van der Waals surface area contributed by atoms with Gasteiger partial charge in [0.05, 0.1) is 5.56 Å². The van der Waals surface area contributed by atoms with Crippen molar-refractivity contribution in [1.82, 2.24) is 0 Å². The van der Waals surface area contributed by atoms with Crippen LogP contribution in [0.15, 0.2) is 12.1 Å². The van der Waals surface area contributed by atoms with Crippen molar-refractivity contribution in [3.63, 3.8) is 0 Å². The Morgan fingerprint density at radius 3 is 2.14 bits per heavy atom. The van der Waals surface area contributed by atoms with E-state index in [-0.39, 0.29) is 18.4 Å². The summed E-state index contributed by atoms with van der Waals surface area (Å²) in [6.45, 7) is 0. The van der Waals surface area contributed by atoms with Crippen molar-refractivity contribution in [2.75, 3.05) is 0 Å². The van der Waals surface area contributed by atoms with Crippen LogP contribution >= 0.6 is 0 Å². The highest BCUT2D eigenvalue weighted by Gasteiger charge is 2.22. The molecular formula is C12H14N2O7. The Kier molecular flexibility index (Phi) is 5.08. The van der Waals surface area contributed by atoms with Gasteiger partial charge in [0.2, 0.25) is 5.91 Å². The molecule has 0 fully saturated rings. The fourth-order valence-electron chi connectivity index (χ4n) is 1.36. The Bertz CT molecular complexity index is 562. The van der Waals surface area contributed by atoms with Gasteiger partial charge in [-0.2, -0.15) is 0 Å². The third kappa shape index (κ3) is 4.35. The van der Waals surface area contributed by atoms with E-state index in [1.807, 2.05) is 0 Å². The topological polar surface area (TPSA) is 173 Å². The fraction of sp³-hybridized carbons (Fsp3) is 0.250. The molecule has 0 bridgehead atoms. The smallest absolute Gasteiger partial charge is 0.346 e. The number of rotatable bonds is 5. The van der Waals surface area contributed by atoms with Crippen molar-refractivity contribution in [3.05, 3.63) is 17.7 Å². The number of ether oxygens (including phenoxy) is 1. The number of amides is 1. The number of carbonyl (C=O) groups is 3. The first kappa shape index (κ1) is 16.2. The second-order valence-electron chi connectivity index (χ2n) is 4.18. The van der Waals surface area contributed by atoms with Crippen molar-refractivity contribution in [1.29, 1.82) is 0 Å². The van der Waals surface area contributed by atoms with E-state index in [2.05, 4.69) is 4.74 Å². The number of primary amides is 1. The molecule has 0 heterocycles. The van der Waals surface area contributed by atoms with Crippen molar-refractivity contribution in [2.24, 2.45) is 11.5 Å². The van der Waals surface area contributed by atoms with E-state index >= 15 is 0 Å². The molecule has 114 valence electrons. The highest BCUT2D eigenvalue weighted by atomic mass is 16.6. The molecule has 1 rings (SSSR count). The fourth-order valence-corrected chi connectivity index (χ4v) is 1.36. The molecule has 0 aliphatic heterocycles. The van der Waals surface area contributed by atoms with Crippen LogP contribution in [0.3, 0.4) is 0 Å². The van der Waals surface area contributed by atoms with Gasteiger partial charge >= 0.3 is 11.9 Å². The number of benzene rings is 1. The Labute approximate surface area is 118 Å². The number of hydrogen-bond acceptors (Lipinski definition) is 8. The molecule has 0 saturated heterocycles. The van der Waals surface area contributed by atoms with Gasteiger partial charge in [-0.15, -0.1) is 0 Å². The second kappa shape index (κ2) is 6.57. The van der Waals surface area contributed by atoms with Gasteiger partial charge in [0.15, 0.2) is 17.2 Å². The maximum absolute atomic E-state index is 11.6. The Morgan fingerprint density at radius 2 is 1.67 bits per heavy atom. The molecule has 1 aromatic rings. The number of phenolic OH excluding ortho intramolecular Hbond substituents is 3. The first-order valence-electron chi connectivity index (χ1n) is 5.77. The van der Waals surface area contributed by atoms with E-state index in [0.717, 1.165) is 12.1 Å². The minimum absolute atomic E-state index is 0.0898. The van der Waals surface area contributed by atoms with Gasteiger partial charge in [0.1, 0.15) is 6.04 Å². The lowest BCUT2D eigenvalue weighted by Crippen LogP contribution is -2.34. The van der Waals surface area contributed by atoms with Crippen LogP contribution < -0.4 is 11.5 Å². The van der Waals surface area contributed by atoms with Gasteiger partial charge in [0.25, 0.3) is 0 Å². The number of hydrogen-bond donors (Lipinski definition) is 5. The van der Waals surface area contributed by atoms with E-state index in [1.165, 1.54) is 0 Å². The summed E-state index contributed by atoms with van der Waals surface area (Å²) in [7, 11) is 0. The predicted molar refractivity (Wildman–Crippen MR) is 68.3 cm³/mol. The lowest BCUT2D eigenvalue weighted by molar-refractivity contribution is -0.139. The third-order valence-electron chi connectivity index (χ3n) is 2.50. The van der Waals surface area contributed by atoms with Crippen LogP contribution in [0.2, 0.25) is 0 Å². The van der Waals surface area contributed by atoms with Gasteiger partial charge in [-0.05, 0) is 18.6 Å². The van der Waals surface area contributed by atoms with Crippen molar-refractivity contribution < 1.29 is 34.4 Å². The molecule has 9 heteroatoms. The Morgan fingerprint density at radius 1 is 1.14 bits per heavy atom. The molecular weight excluding hydrogens is 284 g/mol. The minimum atomic E-state index is -1.22. The van der Waals surface area contributed by atoms with E-state index < -0.39 is 41.1 Å². The van der Waals surface area contributed by atoms with E-state index in [4.69, 9.17) is 16.6 Å². The van der Waals surface area contributed by atoms with Gasteiger partial charge in [-0.25, -0.2) is 9.59 Å². The highest BCUT2D eigenvalue weighted by molar-refractivity contribution is 5.99. The maximum Gasteiger partial charge on any atom is 0.346 e. The lowest BCUT2D eigenvalue weighted by atomic mass is 10.1. The van der Waals surface area contributed by atoms with Crippen LogP contribution in [0.1, 0.15) is 23.2 Å². The molecule has 21 heavy (non-hydrogen) atoms. The molecule has 9 nitrogen and oxygen atoms in total. The van der Waals surface area contributed by atoms with E-state index in [1.54, 1.807) is 0 Å². The summed E-state index contributed by atoms with van der Waals surface area (Å²) in [5.74, 6) is -5.25. The maximum atomic E-state index is 11.6. The number of aromatic hydroxyl groups is 3. The molecule has 0 radical (unpaired) electrons. The summed E-state index contributed by atoms with van der Waals surface area (Å²) >= 11 is 0. The minimum Gasteiger partial charge on any atom is -0.504 e. The van der Waals surface area contributed by atoms with Crippen LogP contribution in [0.5, 0.6) is 17.2 Å². The lowest BCUT2D eigenvalue weighted by Gasteiger charge is -2.10. The average Bonchev–Trinajstić information content (AvgIpc) is 2.41. The second-order valence-corrected chi connectivity index (χ2v) is 4.18. The van der Waals surface area contributed by atoms with Crippen molar-refractivity contribution in [2.45, 2.75) is 18.9 Å². The summed E-state index contributed by atoms with van der Waals surface area (Å²) in [5.41, 5.74) is 9.93. The summed E-state index contributed by atoms with van der Waals surface area (Å²) in [4.78, 5) is 33.6. The van der Waals surface area contributed by atoms with Crippen LogP contribution in [-0.2, 0) is 14.3 Å². The molecule has 0 aliphatic carbocycles. The normalized spacial score (nSPS) is 11.7. The van der Waals surface area contributed by atoms with Gasteiger partial charge in [0, 0.05) is 6.42 Å². The number of esters is 2. The zero-order valence-electron chi connectivity index (χ0n) is 10.8. The zero-order valence-corrected chi connectivity index (χ0v) is 10.8. The summed E-state index contributed by atoms with van der Waals surface area (Å²) in [6.07, 6.45) is -0.237. The number of nitrogens with two attached hydrogens (primary N) is 2. The number of carbonyl (C=O) groups excluding carboxylic acids is 3. The predicted octanol–water partition coefficient (Wildman–Crippen LogP) is -0.920. The molecule has 0 spiro atoms. The van der Waals surface area contributed by atoms with Gasteiger partial charge in [-0.1, -0.05) is 0 Å². The quantitative estimate of drug-likeness (QED) is 0.263. The van der Waals surface area contributed by atoms with Gasteiger partial charge < -0.3 is 31.5 Å². The molecule has 1 aromatic carbocycles. The Balaban J connectivity index is 2.73. The standard InChI is InChI=1S/C12H14N2O7/c13-6(1-2-9(14)17)12(20)21-11(19)5-3-7(15)10(18)8(16)4-5/h3-4,6,15-16,18H,1-2,13H2,(H2,14,17)/t6-/m0/s1. The number of phenols is 3. The molecule has 1 atom stereocenters. The molecule has 1 amide bonds. The van der Waals surface area contributed by atoms with Crippen molar-refractivity contribution >= 4 is 17.8 Å². The first-order valence-corrected chi connectivity index (χ1v) is 5.77. The monoisotopic (exact) mass is 298 g/mol. The van der Waals surface area contributed by atoms with Crippen LogP contribution in [0.25, 0.3) is 0 Å². The molecule has 0 aliphatic rings. The molecule has 7 N–H and O–H groups in total. The summed E-state index contributed by atoms with van der Waals surface area (Å²) in [5, 5.41) is 27.6. The van der Waals surface area contributed by atoms with Crippen LogP contribution in [0, 0.1) is 0 Å². The van der Waals surface area contributed by atoms with Gasteiger partial charge in [-0.3, -0.25) is 4.79 Å². The van der Waals surface area contributed by atoms with Crippen molar-refractivity contribution in [3.8, 4) is 17.2 Å². The molecule has 0 saturated carbocycles. The third-order valence-corrected chi connectivity index (χ3v) is 2.50. The average molecular weight is 298 g/mol. The first-order chi connectivity index (χ1) is 9.72. The van der Waals surface area contributed by atoms with Crippen LogP contribution in [0.4, 0.5) is 0 Å². The largest absolute Gasteiger partial charge is 0.504 e.